The number of rotatable bonds is 3. The minimum atomic E-state index is -0.449. The predicted octanol–water partition coefficient (Wildman–Crippen LogP) is 0.126. The number of hydrogen-bond acceptors (Lipinski definition) is 3. The molecule has 1 amide bonds. The van der Waals surface area contributed by atoms with Crippen molar-refractivity contribution in [2.75, 3.05) is 13.1 Å². The number of amides is 1. The average Bonchev–Trinajstić information content (AvgIpc) is 2.38. The Balaban J connectivity index is 1.90. The Morgan fingerprint density at radius 2 is 1.80 bits per heavy atom. The van der Waals surface area contributed by atoms with E-state index in [1.807, 2.05) is 0 Å². The van der Waals surface area contributed by atoms with Crippen LogP contribution >= 0.6 is 0 Å². The number of nitrogens with two attached hydrogens (primary N) is 1. The molecule has 0 radical (unpaired) electrons. The lowest BCUT2D eigenvalue weighted by Crippen LogP contribution is -2.75. The molecule has 15 heavy (non-hydrogen) atoms. The van der Waals surface area contributed by atoms with Crippen LogP contribution in [0, 0.1) is 0 Å². The molecule has 4 heteroatoms. The lowest BCUT2D eigenvalue weighted by molar-refractivity contribution is -0.126. The van der Waals surface area contributed by atoms with Crippen LogP contribution in [-0.4, -0.2) is 30.6 Å². The van der Waals surface area contributed by atoms with Crippen molar-refractivity contribution in [3.63, 3.8) is 0 Å². The van der Waals surface area contributed by atoms with E-state index in [1.54, 1.807) is 0 Å². The number of nitrogens with one attached hydrogen (secondary N) is 2. The van der Waals surface area contributed by atoms with Crippen LogP contribution in [0.1, 0.15) is 38.5 Å². The number of carbonyl (C=O) groups excluding carboxylic acids is 1. The normalized spacial score (nSPS) is 26.7. The van der Waals surface area contributed by atoms with Gasteiger partial charge in [0, 0.05) is 19.1 Å². The summed E-state index contributed by atoms with van der Waals surface area (Å²) < 4.78 is 0. The molecule has 4 N–H and O–H groups in total. The third kappa shape index (κ3) is 2.32. The first-order valence-corrected chi connectivity index (χ1v) is 6.01. The van der Waals surface area contributed by atoms with Crippen molar-refractivity contribution in [3.05, 3.63) is 0 Å². The lowest BCUT2D eigenvalue weighted by Gasteiger charge is -2.43. The highest BCUT2D eigenvalue weighted by Gasteiger charge is 2.43. The van der Waals surface area contributed by atoms with Gasteiger partial charge in [-0.25, -0.2) is 0 Å². The second-order valence-corrected chi connectivity index (χ2v) is 4.88. The average molecular weight is 211 g/mol. The van der Waals surface area contributed by atoms with Crippen LogP contribution in [0.3, 0.4) is 0 Å². The van der Waals surface area contributed by atoms with Gasteiger partial charge in [-0.15, -0.1) is 0 Å². The van der Waals surface area contributed by atoms with Crippen molar-refractivity contribution in [2.45, 2.75) is 50.1 Å². The Morgan fingerprint density at radius 3 is 2.20 bits per heavy atom. The van der Waals surface area contributed by atoms with Gasteiger partial charge < -0.3 is 11.1 Å². The zero-order valence-electron chi connectivity index (χ0n) is 9.22. The first-order chi connectivity index (χ1) is 7.23. The summed E-state index contributed by atoms with van der Waals surface area (Å²) in [5.41, 5.74) is 5.00. The summed E-state index contributed by atoms with van der Waals surface area (Å²) >= 11 is 0. The van der Waals surface area contributed by atoms with E-state index < -0.39 is 5.54 Å². The van der Waals surface area contributed by atoms with Gasteiger partial charge in [-0.2, -0.15) is 0 Å². The molecular weight excluding hydrogens is 190 g/mol. The molecule has 1 aliphatic heterocycles. The maximum absolute atomic E-state index is 11.4. The lowest BCUT2D eigenvalue weighted by atomic mass is 9.89. The topological polar surface area (TPSA) is 67.2 Å². The Hall–Kier alpha value is -0.610. The highest BCUT2D eigenvalue weighted by Crippen LogP contribution is 2.21. The van der Waals surface area contributed by atoms with Gasteiger partial charge in [0.1, 0.15) is 5.54 Å². The van der Waals surface area contributed by atoms with Gasteiger partial charge >= 0.3 is 0 Å². The minimum Gasteiger partial charge on any atom is -0.368 e. The van der Waals surface area contributed by atoms with Crippen molar-refractivity contribution in [1.82, 2.24) is 10.6 Å². The van der Waals surface area contributed by atoms with Gasteiger partial charge in [-0.1, -0.05) is 25.7 Å². The standard InChI is InChI=1S/C11H21N3O/c12-10(15)11(7-13-8-11)14-9-5-3-1-2-4-6-9/h9,13-14H,1-8H2,(H2,12,15). The maximum Gasteiger partial charge on any atom is 0.240 e. The number of hydrogen-bond donors (Lipinski definition) is 3. The van der Waals surface area contributed by atoms with Gasteiger partial charge in [0.05, 0.1) is 0 Å². The van der Waals surface area contributed by atoms with Gasteiger partial charge in [-0.05, 0) is 12.8 Å². The molecule has 2 rings (SSSR count). The van der Waals surface area contributed by atoms with Gasteiger partial charge in [0.2, 0.25) is 5.91 Å². The zero-order valence-corrected chi connectivity index (χ0v) is 9.22. The minimum absolute atomic E-state index is 0.203. The molecule has 2 fully saturated rings. The Labute approximate surface area is 91.0 Å². The third-order valence-electron chi connectivity index (χ3n) is 3.66. The molecule has 1 saturated heterocycles. The summed E-state index contributed by atoms with van der Waals surface area (Å²) in [6.07, 6.45) is 7.60. The van der Waals surface area contributed by atoms with E-state index in [1.165, 1.54) is 38.5 Å². The van der Waals surface area contributed by atoms with Gasteiger partial charge in [0.25, 0.3) is 0 Å². The van der Waals surface area contributed by atoms with Crippen molar-refractivity contribution in [3.8, 4) is 0 Å². The predicted molar refractivity (Wildman–Crippen MR) is 59.4 cm³/mol. The molecule has 1 heterocycles. The highest BCUT2D eigenvalue weighted by atomic mass is 16.1. The molecule has 0 bridgehead atoms. The fourth-order valence-corrected chi connectivity index (χ4v) is 2.54. The van der Waals surface area contributed by atoms with E-state index in [0.717, 1.165) is 0 Å². The summed E-state index contributed by atoms with van der Waals surface area (Å²) in [6.45, 7) is 1.39. The zero-order chi connectivity index (χ0) is 10.7. The SMILES string of the molecule is NC(=O)C1(NC2CCCCCC2)CNC1. The third-order valence-corrected chi connectivity index (χ3v) is 3.66. The Kier molecular flexibility index (Phi) is 3.26. The van der Waals surface area contributed by atoms with Crippen molar-refractivity contribution >= 4 is 5.91 Å². The van der Waals surface area contributed by atoms with Crippen LogP contribution in [0.4, 0.5) is 0 Å². The van der Waals surface area contributed by atoms with E-state index in [0.29, 0.717) is 19.1 Å². The summed E-state index contributed by atoms with van der Waals surface area (Å²) in [5, 5.41) is 6.60. The molecule has 4 nitrogen and oxygen atoms in total. The van der Waals surface area contributed by atoms with Crippen LogP contribution in [0.2, 0.25) is 0 Å². The summed E-state index contributed by atoms with van der Waals surface area (Å²) in [7, 11) is 0. The molecule has 1 saturated carbocycles. The van der Waals surface area contributed by atoms with Crippen LogP contribution in [0.25, 0.3) is 0 Å². The number of carbonyl (C=O) groups is 1. The van der Waals surface area contributed by atoms with Gasteiger partial charge in [-0.3, -0.25) is 10.1 Å². The van der Waals surface area contributed by atoms with E-state index in [4.69, 9.17) is 5.73 Å². The molecular formula is C11H21N3O. The number of primary amides is 1. The van der Waals surface area contributed by atoms with Gasteiger partial charge in [0.15, 0.2) is 0 Å². The second kappa shape index (κ2) is 4.49. The smallest absolute Gasteiger partial charge is 0.240 e. The molecule has 0 aromatic carbocycles. The van der Waals surface area contributed by atoms with Crippen LogP contribution in [0.5, 0.6) is 0 Å². The quantitative estimate of drug-likeness (QED) is 0.581. The Bertz CT molecular complexity index is 230. The van der Waals surface area contributed by atoms with E-state index >= 15 is 0 Å². The molecule has 86 valence electrons. The first kappa shape index (κ1) is 10.9. The molecule has 0 aromatic heterocycles. The van der Waals surface area contributed by atoms with E-state index in [2.05, 4.69) is 10.6 Å². The summed E-state index contributed by atoms with van der Waals surface area (Å²) in [4.78, 5) is 11.4. The molecule has 2 aliphatic rings. The molecule has 0 unspecified atom stereocenters. The highest BCUT2D eigenvalue weighted by molar-refractivity contribution is 5.86. The molecule has 0 atom stereocenters. The van der Waals surface area contributed by atoms with Crippen molar-refractivity contribution in [1.29, 1.82) is 0 Å². The molecule has 1 aliphatic carbocycles. The van der Waals surface area contributed by atoms with E-state index in [9.17, 15) is 4.79 Å². The fourth-order valence-electron chi connectivity index (χ4n) is 2.54. The largest absolute Gasteiger partial charge is 0.368 e. The van der Waals surface area contributed by atoms with E-state index in [-0.39, 0.29) is 5.91 Å². The van der Waals surface area contributed by atoms with Crippen molar-refractivity contribution < 1.29 is 4.79 Å². The monoisotopic (exact) mass is 211 g/mol. The maximum atomic E-state index is 11.4. The molecule has 0 aromatic rings. The molecule has 0 spiro atoms. The first-order valence-electron chi connectivity index (χ1n) is 6.01. The summed E-state index contributed by atoms with van der Waals surface area (Å²) in [5.74, 6) is -0.203. The second-order valence-electron chi connectivity index (χ2n) is 4.88. The van der Waals surface area contributed by atoms with Crippen LogP contribution < -0.4 is 16.4 Å². The fraction of sp³-hybridized carbons (Fsp3) is 0.909. The van der Waals surface area contributed by atoms with Crippen LogP contribution in [-0.2, 0) is 4.79 Å². The summed E-state index contributed by atoms with van der Waals surface area (Å²) in [6, 6.07) is 0.488. The van der Waals surface area contributed by atoms with Crippen molar-refractivity contribution in [2.24, 2.45) is 5.73 Å². The van der Waals surface area contributed by atoms with Crippen LogP contribution in [0.15, 0.2) is 0 Å². The Morgan fingerprint density at radius 1 is 1.20 bits per heavy atom.